The Morgan fingerprint density at radius 3 is 2.00 bits per heavy atom. The first kappa shape index (κ1) is 21.9. The van der Waals surface area contributed by atoms with E-state index in [1.165, 1.54) is 19.7 Å². The number of carbonyl (C=O) groups excluding carboxylic acids is 3. The lowest BCUT2D eigenvalue weighted by Crippen LogP contribution is -2.53. The summed E-state index contributed by atoms with van der Waals surface area (Å²) in [6, 6.07) is 19.8. The summed E-state index contributed by atoms with van der Waals surface area (Å²) in [5, 5.41) is 0. The average molecular weight is 454 g/mol. The van der Waals surface area contributed by atoms with Gasteiger partial charge in [-0.3, -0.25) is 19.4 Å². The molecule has 0 N–H and O–H groups in total. The van der Waals surface area contributed by atoms with Crippen LogP contribution >= 0.6 is 0 Å². The Bertz CT molecular complexity index is 1230. The molecule has 2 aromatic carbocycles. The molecule has 3 aliphatic rings. The summed E-state index contributed by atoms with van der Waals surface area (Å²) in [7, 11) is 2.85. The van der Waals surface area contributed by atoms with E-state index in [2.05, 4.69) is 17.0 Å². The number of carbonyl (C=O) groups is 3. The lowest BCUT2D eigenvalue weighted by atomic mass is 9.82. The molecule has 0 spiro atoms. The highest BCUT2D eigenvalue weighted by atomic mass is 16.2. The van der Waals surface area contributed by atoms with E-state index < -0.39 is 17.8 Å². The fourth-order valence-electron chi connectivity index (χ4n) is 5.00. The molecule has 2 aliphatic heterocycles. The molecule has 0 radical (unpaired) electrons. The van der Waals surface area contributed by atoms with Gasteiger partial charge in [0, 0.05) is 32.0 Å². The molecule has 1 aliphatic carbocycles. The largest absolute Gasteiger partial charge is 0.340 e. The average Bonchev–Trinajstić information content (AvgIpc) is 2.88. The fraction of sp³-hybridized carbons (Fsp3) is 0.250. The van der Waals surface area contributed by atoms with E-state index in [4.69, 9.17) is 0 Å². The number of benzene rings is 2. The van der Waals surface area contributed by atoms with Gasteiger partial charge in [-0.1, -0.05) is 60.7 Å². The maximum Gasteiger partial charge on any atom is 0.333 e. The van der Waals surface area contributed by atoms with Crippen molar-refractivity contribution < 1.29 is 14.4 Å². The van der Waals surface area contributed by atoms with Gasteiger partial charge in [0.1, 0.15) is 5.57 Å². The number of imide groups is 2. The summed E-state index contributed by atoms with van der Waals surface area (Å²) in [6.45, 7) is 0.698. The van der Waals surface area contributed by atoms with Gasteiger partial charge in [0.25, 0.3) is 11.8 Å². The predicted molar refractivity (Wildman–Crippen MR) is 130 cm³/mol. The van der Waals surface area contributed by atoms with Crippen molar-refractivity contribution in [2.75, 3.05) is 14.1 Å². The Morgan fingerprint density at radius 2 is 1.35 bits per heavy atom. The van der Waals surface area contributed by atoms with Gasteiger partial charge in [-0.25, -0.2) is 4.79 Å². The molecule has 0 unspecified atom stereocenters. The smallest absolute Gasteiger partial charge is 0.333 e. The first-order valence-corrected chi connectivity index (χ1v) is 11.6. The summed E-state index contributed by atoms with van der Waals surface area (Å²) in [4.78, 5) is 43.2. The van der Waals surface area contributed by atoms with Crippen molar-refractivity contribution in [1.82, 2.24) is 14.7 Å². The van der Waals surface area contributed by atoms with Gasteiger partial charge in [0.2, 0.25) is 0 Å². The van der Waals surface area contributed by atoms with Gasteiger partial charge >= 0.3 is 6.03 Å². The number of likely N-dealkylation sites (N-methyl/N-ethyl adjacent to an activating group) is 2. The maximum absolute atomic E-state index is 13.2. The topological polar surface area (TPSA) is 60.9 Å². The lowest BCUT2D eigenvalue weighted by Gasteiger charge is -2.40. The standard InChI is InChI=1S/C28H27N3O3/c1-29-26(32)25(27(33)30(2)28(29)34)22-17-24(20-13-7-4-8-14-20)31(18-19-11-5-3-6-12-19)23-16-10-9-15-21(22)23/h3-8,11-14,17H,9-10,15-16,18H2,1-2H3. The minimum Gasteiger partial charge on any atom is -0.340 e. The van der Waals surface area contributed by atoms with Crippen molar-refractivity contribution >= 4 is 23.5 Å². The monoisotopic (exact) mass is 453 g/mol. The lowest BCUT2D eigenvalue weighted by molar-refractivity contribution is -0.134. The van der Waals surface area contributed by atoms with Gasteiger partial charge in [0.05, 0.1) is 0 Å². The van der Waals surface area contributed by atoms with Crippen molar-refractivity contribution in [2.45, 2.75) is 32.2 Å². The van der Waals surface area contributed by atoms with Crippen LogP contribution in [-0.4, -0.2) is 46.6 Å². The first-order chi connectivity index (χ1) is 16.5. The van der Waals surface area contributed by atoms with Crippen LogP contribution in [0.2, 0.25) is 0 Å². The number of hydrogen-bond acceptors (Lipinski definition) is 4. The zero-order chi connectivity index (χ0) is 23.8. The molecule has 0 atom stereocenters. The second kappa shape index (κ2) is 8.78. The van der Waals surface area contributed by atoms with Crippen LogP contribution in [-0.2, 0) is 16.1 Å². The van der Waals surface area contributed by atoms with E-state index in [9.17, 15) is 14.4 Å². The molecule has 172 valence electrons. The van der Waals surface area contributed by atoms with Crippen molar-refractivity contribution in [3.63, 3.8) is 0 Å². The Morgan fingerprint density at radius 1 is 0.765 bits per heavy atom. The second-order valence-electron chi connectivity index (χ2n) is 8.90. The van der Waals surface area contributed by atoms with E-state index in [1.807, 2.05) is 54.6 Å². The summed E-state index contributed by atoms with van der Waals surface area (Å²) in [5.74, 6) is -1.08. The number of amides is 4. The SMILES string of the molecule is CN1C(=O)C(=C2C=C(c3ccccc3)N(Cc3ccccc3)C3=C2CCCC3)C(=O)N(C)C1=O. The molecular weight excluding hydrogens is 426 g/mol. The highest BCUT2D eigenvalue weighted by Crippen LogP contribution is 2.44. The van der Waals surface area contributed by atoms with E-state index in [0.717, 1.165) is 58.0 Å². The molecule has 1 saturated heterocycles. The van der Waals surface area contributed by atoms with E-state index in [1.54, 1.807) is 0 Å². The molecule has 6 heteroatoms. The molecule has 4 amide bonds. The Kier molecular flexibility index (Phi) is 5.65. The number of urea groups is 1. The van der Waals surface area contributed by atoms with Crippen molar-refractivity contribution in [2.24, 2.45) is 0 Å². The van der Waals surface area contributed by atoms with Gasteiger partial charge < -0.3 is 4.90 Å². The normalized spacial score (nSPS) is 19.1. The van der Waals surface area contributed by atoms with Gasteiger partial charge in [0.15, 0.2) is 0 Å². The number of rotatable bonds is 3. The quantitative estimate of drug-likeness (QED) is 0.499. The number of nitrogens with zero attached hydrogens (tertiary/aromatic N) is 3. The third-order valence-electron chi connectivity index (χ3n) is 6.79. The van der Waals surface area contributed by atoms with Crippen LogP contribution in [0.1, 0.15) is 36.8 Å². The van der Waals surface area contributed by atoms with E-state index >= 15 is 0 Å². The van der Waals surface area contributed by atoms with Gasteiger partial charge in [-0.2, -0.15) is 0 Å². The molecule has 0 saturated carbocycles. The number of allylic oxidation sites excluding steroid dienone is 4. The predicted octanol–water partition coefficient (Wildman–Crippen LogP) is 4.72. The Labute approximate surface area is 199 Å². The van der Waals surface area contributed by atoms with Crippen LogP contribution in [0.25, 0.3) is 5.70 Å². The third-order valence-corrected chi connectivity index (χ3v) is 6.79. The maximum atomic E-state index is 13.2. The summed E-state index contributed by atoms with van der Waals surface area (Å²) in [5.41, 5.74) is 6.08. The van der Waals surface area contributed by atoms with Gasteiger partial charge in [-0.15, -0.1) is 0 Å². The molecule has 0 aromatic heterocycles. The second-order valence-corrected chi connectivity index (χ2v) is 8.90. The zero-order valence-corrected chi connectivity index (χ0v) is 19.5. The minimum atomic E-state index is -0.606. The summed E-state index contributed by atoms with van der Waals surface area (Å²) >= 11 is 0. The zero-order valence-electron chi connectivity index (χ0n) is 19.5. The van der Waals surface area contributed by atoms with Crippen LogP contribution in [0.3, 0.4) is 0 Å². The molecule has 2 heterocycles. The Balaban J connectivity index is 1.73. The summed E-state index contributed by atoms with van der Waals surface area (Å²) in [6.07, 6.45) is 5.69. The van der Waals surface area contributed by atoms with Crippen LogP contribution in [0.15, 0.2) is 89.2 Å². The number of hydrogen-bond donors (Lipinski definition) is 0. The van der Waals surface area contributed by atoms with Crippen molar-refractivity contribution in [1.29, 1.82) is 0 Å². The third kappa shape index (κ3) is 3.65. The van der Waals surface area contributed by atoms with E-state index in [-0.39, 0.29) is 5.57 Å². The Hall–Kier alpha value is -3.93. The van der Waals surface area contributed by atoms with Crippen LogP contribution in [0.4, 0.5) is 4.79 Å². The fourth-order valence-corrected chi connectivity index (χ4v) is 5.00. The van der Waals surface area contributed by atoms with Crippen LogP contribution in [0, 0.1) is 0 Å². The molecular formula is C28H27N3O3. The summed E-state index contributed by atoms with van der Waals surface area (Å²) < 4.78 is 0. The first-order valence-electron chi connectivity index (χ1n) is 11.6. The highest BCUT2D eigenvalue weighted by Gasteiger charge is 2.42. The van der Waals surface area contributed by atoms with Crippen LogP contribution < -0.4 is 0 Å². The van der Waals surface area contributed by atoms with Crippen molar-refractivity contribution in [3.05, 3.63) is 100 Å². The molecule has 34 heavy (non-hydrogen) atoms. The highest BCUT2D eigenvalue weighted by molar-refractivity contribution is 6.29. The molecule has 0 bridgehead atoms. The number of barbiturate groups is 1. The van der Waals surface area contributed by atoms with Crippen LogP contribution in [0.5, 0.6) is 0 Å². The van der Waals surface area contributed by atoms with E-state index in [0.29, 0.717) is 12.1 Å². The molecule has 6 nitrogen and oxygen atoms in total. The van der Waals surface area contributed by atoms with Crippen molar-refractivity contribution in [3.8, 4) is 0 Å². The molecule has 2 aromatic rings. The minimum absolute atomic E-state index is 0.0757. The van der Waals surface area contributed by atoms with Gasteiger partial charge in [-0.05, 0) is 54.0 Å². The molecule has 5 rings (SSSR count). The molecule has 1 fully saturated rings.